The highest BCUT2D eigenvalue weighted by atomic mass is 16.5. The number of carboxylic acid groups (broad SMARTS) is 1. The molecule has 0 aromatic heterocycles. The third-order valence-corrected chi connectivity index (χ3v) is 15.5. The minimum Gasteiger partial charge on any atom is -0.478 e. The lowest BCUT2D eigenvalue weighted by Crippen LogP contribution is -2.61. The molecule has 24 nitrogen and oxygen atoms in total. The number of para-hydroxylation sites is 1. The molecule has 89 heavy (non-hydrogen) atoms. The van der Waals surface area contributed by atoms with E-state index in [2.05, 4.69) is 42.3 Å². The van der Waals surface area contributed by atoms with Crippen molar-refractivity contribution in [3.63, 3.8) is 0 Å². The van der Waals surface area contributed by atoms with Crippen LogP contribution in [-0.4, -0.2) is 114 Å². The van der Waals surface area contributed by atoms with Crippen LogP contribution in [0.4, 0.5) is 26.7 Å². The fourth-order valence-electron chi connectivity index (χ4n) is 10.4. The number of primary amides is 1. The van der Waals surface area contributed by atoms with Crippen molar-refractivity contribution in [1.29, 1.82) is 5.53 Å². The number of benzene rings is 4. The predicted octanol–water partition coefficient (Wildman–Crippen LogP) is 7.50. The van der Waals surface area contributed by atoms with Gasteiger partial charge in [0.25, 0.3) is 0 Å². The van der Waals surface area contributed by atoms with Gasteiger partial charge in [0, 0.05) is 59.9 Å². The number of carboxylic acids is 1. The van der Waals surface area contributed by atoms with E-state index < -0.39 is 94.6 Å². The highest BCUT2D eigenvalue weighted by Crippen LogP contribution is 2.37. The van der Waals surface area contributed by atoms with Gasteiger partial charge < -0.3 is 63.0 Å². The Labute approximate surface area is 520 Å². The van der Waals surface area contributed by atoms with Crippen LogP contribution in [-0.2, 0) is 56.9 Å². The molecule has 0 bridgehead atoms. The van der Waals surface area contributed by atoms with Crippen LogP contribution < -0.4 is 53.6 Å². The van der Waals surface area contributed by atoms with E-state index in [-0.39, 0.29) is 68.5 Å². The maximum atomic E-state index is 14.2. The predicted molar refractivity (Wildman–Crippen MR) is 340 cm³/mol. The van der Waals surface area contributed by atoms with E-state index in [0.29, 0.717) is 50.6 Å². The Morgan fingerprint density at radius 1 is 0.775 bits per heavy atom. The fourth-order valence-corrected chi connectivity index (χ4v) is 10.4. The smallest absolute Gasteiger partial charge is 0.411 e. The molecule has 4 aromatic rings. The molecule has 1 heterocycles. The molecule has 0 aliphatic carbocycles. The molecule has 478 valence electrons. The summed E-state index contributed by atoms with van der Waals surface area (Å²) in [6.45, 7) is 18.0. The second-order valence-electron chi connectivity index (χ2n) is 24.4. The summed E-state index contributed by atoms with van der Waals surface area (Å²) in [5, 5.41) is 32.9. The van der Waals surface area contributed by atoms with Gasteiger partial charge in [-0.25, -0.2) is 19.9 Å². The summed E-state index contributed by atoms with van der Waals surface area (Å²) in [5.41, 5.74) is 22.9. The molecule has 9 amide bonds. The number of rotatable bonds is 27. The number of aliphatic carboxylic acids is 1. The average molecular weight is 1230 g/mol. The zero-order valence-corrected chi connectivity index (χ0v) is 52.8. The van der Waals surface area contributed by atoms with Crippen LogP contribution in [0.15, 0.2) is 114 Å². The second kappa shape index (κ2) is 31.5. The fraction of sp³-hybridized carbons (Fsp3) is 0.431. The van der Waals surface area contributed by atoms with Crippen molar-refractivity contribution in [3.8, 4) is 0 Å². The van der Waals surface area contributed by atoms with Gasteiger partial charge in [0.1, 0.15) is 30.4 Å². The van der Waals surface area contributed by atoms with E-state index in [9.17, 15) is 48.3 Å². The second-order valence-corrected chi connectivity index (χ2v) is 24.4. The van der Waals surface area contributed by atoms with E-state index in [1.807, 2.05) is 66.7 Å². The molecule has 0 fully saturated rings. The number of hydrogen-bond acceptors (Lipinski definition) is 14. The molecule has 13 N–H and O–H groups in total. The number of amides is 9. The first-order chi connectivity index (χ1) is 41.9. The third kappa shape index (κ3) is 19.0. The molecular formula is C65H87N13O11. The number of nitrogens with two attached hydrogens (primary N) is 2. The largest absolute Gasteiger partial charge is 0.478 e. The van der Waals surface area contributed by atoms with Gasteiger partial charge in [-0.3, -0.25) is 34.1 Å². The van der Waals surface area contributed by atoms with Crippen LogP contribution in [0, 0.1) is 22.8 Å². The number of ether oxygens (including phenoxy) is 1. The van der Waals surface area contributed by atoms with Crippen molar-refractivity contribution in [3.05, 3.63) is 137 Å². The molecule has 1 aliphatic rings. The number of fused-ring (bicyclic) bond motifs is 2. The summed E-state index contributed by atoms with van der Waals surface area (Å²) in [6, 6.07) is 22.1. The monoisotopic (exact) mass is 1230 g/mol. The van der Waals surface area contributed by atoms with Gasteiger partial charge in [-0.15, -0.1) is 0 Å². The molecule has 24 heteroatoms. The molecular weight excluding hydrogens is 1140 g/mol. The zero-order chi connectivity index (χ0) is 66.1. The van der Waals surface area contributed by atoms with Crippen molar-refractivity contribution in [1.82, 2.24) is 31.5 Å². The van der Waals surface area contributed by atoms with Gasteiger partial charge in [0.15, 0.2) is 0 Å². The topological polar surface area (TPSA) is 362 Å². The summed E-state index contributed by atoms with van der Waals surface area (Å²) >= 11 is 0. The van der Waals surface area contributed by atoms with Crippen molar-refractivity contribution < 1.29 is 53.0 Å². The van der Waals surface area contributed by atoms with Gasteiger partial charge in [-0.1, -0.05) is 135 Å². The summed E-state index contributed by atoms with van der Waals surface area (Å²) in [5.74, 6) is -4.77. The molecule has 1 unspecified atom stereocenters. The molecule has 4 aromatic carbocycles. The number of urea groups is 1. The van der Waals surface area contributed by atoms with Gasteiger partial charge in [-0.2, -0.15) is 5.11 Å². The van der Waals surface area contributed by atoms with Crippen molar-refractivity contribution >= 4 is 82.0 Å². The average Bonchev–Trinajstić information content (AvgIpc) is 1.24. The summed E-state index contributed by atoms with van der Waals surface area (Å²) < 4.78 is 5.56. The van der Waals surface area contributed by atoms with E-state index in [4.69, 9.17) is 21.7 Å². The molecule has 0 saturated carbocycles. The number of carbonyl (C=O) groups excluding carboxylic acids is 8. The first-order valence-electron chi connectivity index (χ1n) is 29.5. The van der Waals surface area contributed by atoms with Crippen molar-refractivity contribution in [2.45, 2.75) is 144 Å². The minimum atomic E-state index is -1.15. The standard InChI is InChI=1S/C65H87N13O11/c1-37(2)49(33-39(5)61(85)86)77(12)60(84)56(64(6,7)8)75-59(83)55(69-11)65(9,10)42-20-17-21-44(34-42)72-63(88)89-36-40-26-28-43(29-27-40)71-57(81)47(24-18-32-70-62(67)87)73-58(82)53(38(3)4)74-50(79)30-31-51(80)78-35-41-19-13-14-22-45(41)52(66)54(76-68)46-23-15-16-25-48(46)78/h13-17,19-23,25-29,33-34,37-38,47,49,53,55-56,68-69H,18,24,30-32,35-36,66H2,1-12H3,(H,71,81)(H,72,88)(H,73,82)(H,74,79)(H,75,83)(H,85,86)(H3,67,70,87)/b39-33+,54-52-,76-68?/t47-,49+,53-,55+,56?/m0/s1. The minimum absolute atomic E-state index is 0.0590. The molecule has 0 saturated heterocycles. The quantitative estimate of drug-likeness (QED) is 0.0157. The normalized spacial score (nSPS) is 15.0. The van der Waals surface area contributed by atoms with Crippen LogP contribution in [0.2, 0.25) is 0 Å². The van der Waals surface area contributed by atoms with Gasteiger partial charge in [0.2, 0.25) is 35.4 Å². The molecule has 5 rings (SSSR count). The molecule has 0 radical (unpaired) electrons. The SMILES string of the molecule is CN[C@H](C(=O)NC(C(=O)N(C)[C@H](/C=C(\C)C(=O)O)C(C)C)C(C)(C)C)C(C)(C)c1cccc(NC(=O)OCc2ccc(NC(=O)[C@H](CCCNC(N)=O)NC(=O)[C@@H](NC(=O)CCC(=O)N3Cc4ccccc4/C(N)=C(/N=N)c4ccccc43)C(C)C)cc2)c1. The van der Waals surface area contributed by atoms with E-state index in [1.54, 1.807) is 113 Å². The number of likely N-dealkylation sites (N-methyl/N-ethyl adjacent to an activating group) is 2. The first-order valence-corrected chi connectivity index (χ1v) is 29.5. The van der Waals surface area contributed by atoms with Crippen LogP contribution in [0.1, 0.15) is 123 Å². The van der Waals surface area contributed by atoms with E-state index >= 15 is 0 Å². The Hall–Kier alpha value is -9.45. The zero-order valence-electron chi connectivity index (χ0n) is 52.8. The van der Waals surface area contributed by atoms with Crippen molar-refractivity contribution in [2.75, 3.05) is 36.2 Å². The Kier molecular flexibility index (Phi) is 24.9. The molecule has 1 aliphatic heterocycles. The lowest BCUT2D eigenvalue weighted by Gasteiger charge is -2.40. The molecule has 0 spiro atoms. The summed E-state index contributed by atoms with van der Waals surface area (Å²) in [4.78, 5) is 123. The number of anilines is 3. The lowest BCUT2D eigenvalue weighted by molar-refractivity contribution is -0.141. The third-order valence-electron chi connectivity index (χ3n) is 15.5. The Morgan fingerprint density at radius 2 is 1.43 bits per heavy atom. The number of hydrogen-bond donors (Lipinski definition) is 11. The van der Waals surface area contributed by atoms with Gasteiger partial charge >= 0.3 is 18.1 Å². The molecule has 5 atom stereocenters. The van der Waals surface area contributed by atoms with Crippen LogP contribution in [0.3, 0.4) is 0 Å². The van der Waals surface area contributed by atoms with Crippen LogP contribution in [0.5, 0.6) is 0 Å². The Bertz CT molecular complexity index is 3320. The lowest BCUT2D eigenvalue weighted by atomic mass is 9.76. The summed E-state index contributed by atoms with van der Waals surface area (Å²) in [7, 11) is 3.23. The van der Waals surface area contributed by atoms with E-state index in [1.165, 1.54) is 16.7 Å². The maximum absolute atomic E-state index is 14.2. The number of nitrogens with one attached hydrogen (secondary N) is 8. The Morgan fingerprint density at radius 3 is 2.03 bits per heavy atom. The number of nitrogens with zero attached hydrogens (tertiary/aromatic N) is 3. The highest BCUT2D eigenvalue weighted by Gasteiger charge is 2.42. The summed E-state index contributed by atoms with van der Waals surface area (Å²) in [6.07, 6.45) is 0.536. The van der Waals surface area contributed by atoms with Gasteiger partial charge in [0.05, 0.1) is 30.0 Å². The van der Waals surface area contributed by atoms with E-state index in [0.717, 1.165) is 0 Å². The maximum Gasteiger partial charge on any atom is 0.411 e. The van der Waals surface area contributed by atoms with Gasteiger partial charge in [-0.05, 0) is 91.1 Å². The highest BCUT2D eigenvalue weighted by molar-refractivity contribution is 6.03. The number of carbonyl (C=O) groups is 9. The van der Waals surface area contributed by atoms with Crippen LogP contribution in [0.25, 0.3) is 11.4 Å². The first kappa shape index (κ1) is 70.3. The Balaban J connectivity index is 1.19. The van der Waals surface area contributed by atoms with Crippen molar-refractivity contribution in [2.24, 2.45) is 33.8 Å². The van der Waals surface area contributed by atoms with Crippen LogP contribution >= 0.6 is 0 Å².